The number of amides is 1. The molecule has 0 aliphatic heterocycles. The molecule has 1 aromatic rings. The summed E-state index contributed by atoms with van der Waals surface area (Å²) in [5, 5.41) is 2.78. The van der Waals surface area contributed by atoms with E-state index < -0.39 is 20.9 Å². The van der Waals surface area contributed by atoms with Crippen LogP contribution in [0.5, 0.6) is 5.75 Å². The second-order valence-corrected chi connectivity index (χ2v) is 10.6. The Morgan fingerprint density at radius 3 is 2.22 bits per heavy atom. The topological polar surface area (TPSA) is 102 Å². The van der Waals surface area contributed by atoms with Crippen LogP contribution in [0.3, 0.4) is 0 Å². The molecule has 0 bridgehead atoms. The number of carbonyl (C=O) groups excluding carboxylic acids is 2. The van der Waals surface area contributed by atoms with Crippen molar-refractivity contribution < 1.29 is 37.1 Å². The molecule has 0 aromatic heterocycles. The summed E-state index contributed by atoms with van der Waals surface area (Å²) >= 11 is 0. The molecule has 0 spiro atoms. The Labute approximate surface area is 216 Å². The van der Waals surface area contributed by atoms with Gasteiger partial charge in [-0.3, -0.25) is 0 Å². The summed E-state index contributed by atoms with van der Waals surface area (Å²) in [6.07, 6.45) is 6.99. The summed E-state index contributed by atoms with van der Waals surface area (Å²) in [5.74, 6) is 0.360. The molecule has 9 nitrogen and oxygen atoms in total. The van der Waals surface area contributed by atoms with Gasteiger partial charge in [-0.15, -0.1) is 0 Å². The number of rotatable bonds is 20. The number of unbranched alkanes of at least 4 members (excludes halogenated alkanes) is 3. The first-order chi connectivity index (χ1) is 17.5. The van der Waals surface area contributed by atoms with Crippen molar-refractivity contribution in [3.63, 3.8) is 0 Å². The summed E-state index contributed by atoms with van der Waals surface area (Å²) in [5.41, 5.74) is 0.868. The molecule has 204 valence electrons. The minimum Gasteiger partial charge on any atom is -0.494 e. The van der Waals surface area contributed by atoms with E-state index in [9.17, 15) is 9.59 Å². The van der Waals surface area contributed by atoms with Gasteiger partial charge in [0.05, 0.1) is 20.3 Å². The van der Waals surface area contributed by atoms with Crippen molar-refractivity contribution in [2.45, 2.75) is 58.9 Å². The molecule has 0 atom stereocenters. The second-order valence-electron chi connectivity index (χ2n) is 7.84. The third-order valence-corrected chi connectivity index (χ3v) is 8.18. The zero-order valence-electron chi connectivity index (χ0n) is 22.2. The van der Waals surface area contributed by atoms with Crippen molar-refractivity contribution in [2.75, 3.05) is 46.7 Å². The van der Waals surface area contributed by atoms with Gasteiger partial charge in [0.1, 0.15) is 5.75 Å². The van der Waals surface area contributed by atoms with Crippen LogP contribution in [-0.2, 0) is 27.5 Å². The Balaban J connectivity index is 2.12. The monoisotopic (exact) mass is 525 g/mol. The molecule has 0 aliphatic carbocycles. The zero-order valence-corrected chi connectivity index (χ0v) is 23.2. The van der Waals surface area contributed by atoms with Crippen LogP contribution in [0.1, 0.15) is 58.4 Å². The first-order valence-corrected chi connectivity index (χ1v) is 14.7. The quantitative estimate of drug-likeness (QED) is 0.110. The Kier molecular flexibility index (Phi) is 17.3. The number of carbonyl (C=O) groups is 2. The van der Waals surface area contributed by atoms with Gasteiger partial charge in [0.25, 0.3) is 0 Å². The van der Waals surface area contributed by atoms with Crippen LogP contribution in [0.4, 0.5) is 4.79 Å². The molecule has 0 saturated heterocycles. The minimum atomic E-state index is -2.67. The molecular weight excluding hydrogens is 482 g/mol. The molecule has 0 saturated carbocycles. The standard InChI is InChI=1S/C26H43NO8Si/c1-5-33-36(34-6-2,35-7-3)21-13-18-27-26(29)32-20-11-9-8-10-19-31-24-15-12-14-23(22-24)16-17-25(28)30-4/h12,14-17,22H,5-11,13,18-21H2,1-4H3,(H,27,29)/b17-16+. The average Bonchev–Trinajstić information content (AvgIpc) is 2.87. The highest BCUT2D eigenvalue weighted by molar-refractivity contribution is 6.60. The van der Waals surface area contributed by atoms with Crippen molar-refractivity contribution in [3.05, 3.63) is 35.9 Å². The Hall–Kier alpha value is -2.40. The predicted octanol–water partition coefficient (Wildman–Crippen LogP) is 4.98. The summed E-state index contributed by atoms with van der Waals surface area (Å²) in [6, 6.07) is 8.18. The molecule has 1 aromatic carbocycles. The lowest BCUT2D eigenvalue weighted by molar-refractivity contribution is -0.134. The smallest absolute Gasteiger partial charge is 0.494 e. The number of ether oxygens (including phenoxy) is 3. The molecule has 0 fully saturated rings. The van der Waals surface area contributed by atoms with Crippen molar-refractivity contribution in [1.82, 2.24) is 5.32 Å². The maximum Gasteiger partial charge on any atom is 0.500 e. The number of alkyl carbamates (subject to hydrolysis) is 1. The summed E-state index contributed by atoms with van der Waals surface area (Å²) in [6.45, 7) is 8.86. The zero-order chi connectivity index (χ0) is 26.5. The fraction of sp³-hybridized carbons (Fsp3) is 0.615. The van der Waals surface area contributed by atoms with Gasteiger partial charge in [0.2, 0.25) is 0 Å². The Morgan fingerprint density at radius 2 is 1.58 bits per heavy atom. The molecule has 0 heterocycles. The normalized spacial score (nSPS) is 11.4. The maximum absolute atomic E-state index is 11.9. The maximum atomic E-state index is 11.9. The van der Waals surface area contributed by atoms with Crippen LogP contribution in [0.2, 0.25) is 6.04 Å². The summed E-state index contributed by atoms with van der Waals surface area (Å²) < 4.78 is 33.1. The van der Waals surface area contributed by atoms with E-state index in [-0.39, 0.29) is 0 Å². The van der Waals surface area contributed by atoms with E-state index in [4.69, 9.17) is 22.8 Å². The lowest BCUT2D eigenvalue weighted by Crippen LogP contribution is -2.46. The van der Waals surface area contributed by atoms with Crippen LogP contribution in [0.15, 0.2) is 30.3 Å². The largest absolute Gasteiger partial charge is 0.500 e. The van der Waals surface area contributed by atoms with E-state index in [0.29, 0.717) is 52.0 Å². The van der Waals surface area contributed by atoms with E-state index in [0.717, 1.165) is 37.0 Å². The molecule has 0 unspecified atom stereocenters. The second kappa shape index (κ2) is 19.7. The minimum absolute atomic E-state index is 0.386. The van der Waals surface area contributed by atoms with Crippen LogP contribution in [-0.4, -0.2) is 67.6 Å². The molecule has 36 heavy (non-hydrogen) atoms. The third kappa shape index (κ3) is 14.2. The molecule has 1 amide bonds. The SMILES string of the molecule is CCO[Si](CCCNC(=O)OCCCCCCOc1cccc(/C=C/C(=O)OC)c1)(OCC)OCC. The van der Waals surface area contributed by atoms with Crippen LogP contribution in [0, 0.1) is 0 Å². The number of methoxy groups -OCH3 is 1. The number of hydrogen-bond donors (Lipinski definition) is 1. The lowest BCUT2D eigenvalue weighted by Gasteiger charge is -2.28. The Morgan fingerprint density at radius 1 is 0.917 bits per heavy atom. The molecule has 10 heteroatoms. The summed E-state index contributed by atoms with van der Waals surface area (Å²) in [4.78, 5) is 23.1. The highest BCUT2D eigenvalue weighted by Gasteiger charge is 2.39. The van der Waals surface area contributed by atoms with Crippen molar-refractivity contribution in [1.29, 1.82) is 0 Å². The molecule has 1 rings (SSSR count). The number of nitrogens with one attached hydrogen (secondary N) is 1. The van der Waals surface area contributed by atoms with E-state index in [2.05, 4.69) is 10.1 Å². The van der Waals surface area contributed by atoms with Gasteiger partial charge in [-0.25, -0.2) is 9.59 Å². The third-order valence-electron chi connectivity index (χ3n) is 5.03. The van der Waals surface area contributed by atoms with Crippen molar-refractivity contribution >= 4 is 26.9 Å². The summed E-state index contributed by atoms with van der Waals surface area (Å²) in [7, 11) is -1.33. The van der Waals surface area contributed by atoms with Gasteiger partial charge in [-0.1, -0.05) is 12.1 Å². The Bertz CT molecular complexity index is 757. The van der Waals surface area contributed by atoms with Crippen molar-refractivity contribution in [3.8, 4) is 5.75 Å². The van der Waals surface area contributed by atoms with E-state index >= 15 is 0 Å². The molecular formula is C26H43NO8Si. The van der Waals surface area contributed by atoms with Gasteiger partial charge in [-0.2, -0.15) is 0 Å². The van der Waals surface area contributed by atoms with Gasteiger partial charge < -0.3 is 32.8 Å². The van der Waals surface area contributed by atoms with E-state index in [1.54, 1.807) is 6.08 Å². The highest BCUT2D eigenvalue weighted by atomic mass is 28.4. The number of hydrogen-bond acceptors (Lipinski definition) is 8. The van der Waals surface area contributed by atoms with Crippen LogP contribution >= 0.6 is 0 Å². The first-order valence-electron chi connectivity index (χ1n) is 12.8. The number of esters is 1. The van der Waals surface area contributed by atoms with Gasteiger partial charge in [0.15, 0.2) is 0 Å². The first kappa shape index (κ1) is 31.6. The fourth-order valence-corrected chi connectivity index (χ4v) is 6.01. The molecule has 0 aliphatic rings. The van der Waals surface area contributed by atoms with Crippen LogP contribution < -0.4 is 10.1 Å². The number of benzene rings is 1. The van der Waals surface area contributed by atoms with E-state index in [1.807, 2.05) is 45.0 Å². The van der Waals surface area contributed by atoms with Crippen molar-refractivity contribution in [2.24, 2.45) is 0 Å². The molecule has 1 N–H and O–H groups in total. The molecule has 0 radical (unpaired) electrons. The lowest BCUT2D eigenvalue weighted by atomic mass is 10.2. The average molecular weight is 526 g/mol. The van der Waals surface area contributed by atoms with E-state index in [1.165, 1.54) is 13.2 Å². The fourth-order valence-electron chi connectivity index (χ4n) is 3.40. The highest BCUT2D eigenvalue weighted by Crippen LogP contribution is 2.18. The van der Waals surface area contributed by atoms with Crippen LogP contribution in [0.25, 0.3) is 6.08 Å². The van der Waals surface area contributed by atoms with Gasteiger partial charge in [-0.05, 0) is 76.6 Å². The van der Waals surface area contributed by atoms with Gasteiger partial charge in [0, 0.05) is 38.5 Å². The predicted molar refractivity (Wildman–Crippen MR) is 141 cm³/mol. The van der Waals surface area contributed by atoms with Gasteiger partial charge >= 0.3 is 20.9 Å².